The molecule has 0 atom stereocenters. The largest absolute Gasteiger partial charge is 0.354 e. The molecule has 0 radical (unpaired) electrons. The molecule has 0 amide bonds. The van der Waals surface area contributed by atoms with E-state index in [1.807, 2.05) is 34.0 Å². The molecule has 9 aromatic carbocycles. The van der Waals surface area contributed by atoms with Crippen LogP contribution in [0.5, 0.6) is 0 Å². The first-order chi connectivity index (χ1) is 28.8. The first-order valence-corrected chi connectivity index (χ1v) is 22.2. The maximum atomic E-state index is 4.12. The van der Waals surface area contributed by atoms with Gasteiger partial charge in [0.05, 0.1) is 15.9 Å². The molecule has 1 aliphatic rings. The van der Waals surface area contributed by atoms with Gasteiger partial charge in [-0.3, -0.25) is 0 Å². The average Bonchev–Trinajstić information content (AvgIpc) is 4.04. The van der Waals surface area contributed by atoms with Crippen LogP contribution in [0, 0.1) is 0 Å². The molecule has 0 saturated carbocycles. The molecule has 1 aliphatic heterocycles. The van der Waals surface area contributed by atoms with Crippen molar-refractivity contribution < 1.29 is 0 Å². The number of anilines is 2. The molecular weight excluding hydrogens is 760 g/mol. The van der Waals surface area contributed by atoms with Crippen LogP contribution < -0.4 is 16.2 Å². The third kappa shape index (κ3) is 4.16. The van der Waals surface area contributed by atoms with Crippen molar-refractivity contribution in [1.29, 1.82) is 0 Å². The zero-order valence-electron chi connectivity index (χ0n) is 31.0. The van der Waals surface area contributed by atoms with Gasteiger partial charge in [-0.25, -0.2) is 0 Å². The fourth-order valence-electron chi connectivity index (χ4n) is 10.2. The summed E-state index contributed by atoms with van der Waals surface area (Å²) in [5.74, 6) is 0. The van der Waals surface area contributed by atoms with E-state index >= 15 is 0 Å². The molecule has 4 aromatic heterocycles. The molecule has 0 fully saturated rings. The lowest BCUT2D eigenvalue weighted by Gasteiger charge is -2.26. The predicted molar refractivity (Wildman–Crippen MR) is 259 cm³/mol. The second-order valence-electron chi connectivity index (χ2n) is 15.6. The van der Waals surface area contributed by atoms with Gasteiger partial charge in [0.1, 0.15) is 0 Å². The first kappa shape index (κ1) is 31.6. The molecule has 0 saturated heterocycles. The molecule has 14 rings (SSSR count). The van der Waals surface area contributed by atoms with Gasteiger partial charge in [-0.05, 0) is 76.4 Å². The first-order valence-electron chi connectivity index (χ1n) is 19.8. The summed E-state index contributed by atoms with van der Waals surface area (Å²) < 4.78 is 10.5. The van der Waals surface area contributed by atoms with Crippen molar-refractivity contribution in [2.75, 3.05) is 5.32 Å². The number of hydrogen-bond donors (Lipinski definition) is 1. The Kier molecular flexibility index (Phi) is 6.32. The minimum absolute atomic E-state index is 0.850. The highest BCUT2D eigenvalue weighted by molar-refractivity contribution is 7.27. The van der Waals surface area contributed by atoms with Gasteiger partial charge in [0, 0.05) is 89.0 Å². The van der Waals surface area contributed by atoms with Gasteiger partial charge in [-0.2, -0.15) is 0 Å². The Labute approximate surface area is 345 Å². The number of rotatable bonds is 3. The van der Waals surface area contributed by atoms with Crippen molar-refractivity contribution in [3.63, 3.8) is 0 Å². The normalized spacial score (nSPS) is 12.6. The number of fused-ring (bicyclic) bond motifs is 17. The summed E-state index contributed by atoms with van der Waals surface area (Å²) in [7, 11) is 0.850. The molecule has 0 bridgehead atoms. The van der Waals surface area contributed by atoms with E-state index in [2.05, 4.69) is 174 Å². The summed E-state index contributed by atoms with van der Waals surface area (Å²) in [6.07, 6.45) is 0. The molecule has 268 valence electrons. The molecular formula is C52H29BN2S3. The summed E-state index contributed by atoms with van der Waals surface area (Å²) in [6, 6.07) is 61.3. The van der Waals surface area contributed by atoms with Crippen molar-refractivity contribution in [3.8, 4) is 16.8 Å². The van der Waals surface area contributed by atoms with E-state index < -0.39 is 0 Å². The number of nitrogens with zero attached hydrogens (tertiary/aromatic N) is 1. The number of thiophene rings is 3. The topological polar surface area (TPSA) is 17.0 Å². The van der Waals surface area contributed by atoms with Crippen LogP contribution in [-0.4, -0.2) is 11.8 Å². The van der Waals surface area contributed by atoms with Crippen molar-refractivity contribution in [2.24, 2.45) is 0 Å². The molecule has 0 unspecified atom stereocenters. The summed E-state index contributed by atoms with van der Waals surface area (Å²) >= 11 is 5.70. The number of hydrogen-bond acceptors (Lipinski definition) is 4. The number of nitrogens with one attached hydrogen (secondary N) is 1. The van der Waals surface area contributed by atoms with Gasteiger partial charge < -0.3 is 9.88 Å². The van der Waals surface area contributed by atoms with E-state index in [0.29, 0.717) is 0 Å². The lowest BCUT2D eigenvalue weighted by atomic mass is 9.58. The van der Waals surface area contributed by atoms with Gasteiger partial charge in [-0.1, -0.05) is 115 Å². The van der Waals surface area contributed by atoms with Gasteiger partial charge >= 0.3 is 0 Å². The van der Waals surface area contributed by atoms with Crippen LogP contribution >= 0.6 is 34.0 Å². The Balaban J connectivity index is 1.16. The lowest BCUT2D eigenvalue weighted by Crippen LogP contribution is -2.37. The van der Waals surface area contributed by atoms with E-state index in [9.17, 15) is 0 Å². The Morgan fingerprint density at radius 2 is 1.10 bits per heavy atom. The number of benzene rings is 9. The van der Waals surface area contributed by atoms with Crippen LogP contribution in [0.3, 0.4) is 0 Å². The summed E-state index contributed by atoms with van der Waals surface area (Å²) in [6.45, 7) is 0. The molecule has 1 N–H and O–H groups in total. The molecule has 13 aromatic rings. The third-order valence-electron chi connectivity index (χ3n) is 12.6. The Morgan fingerprint density at radius 1 is 0.448 bits per heavy atom. The highest BCUT2D eigenvalue weighted by Gasteiger charge is 2.31. The van der Waals surface area contributed by atoms with Gasteiger partial charge in [-0.15, -0.1) is 34.0 Å². The van der Waals surface area contributed by atoms with Crippen molar-refractivity contribution >= 4 is 157 Å². The van der Waals surface area contributed by atoms with Crippen LogP contribution in [0.4, 0.5) is 11.4 Å². The second kappa shape index (κ2) is 11.6. The molecule has 2 nitrogen and oxygen atoms in total. The number of para-hydroxylation sites is 1. The van der Waals surface area contributed by atoms with Gasteiger partial charge in [0.2, 0.25) is 0 Å². The van der Waals surface area contributed by atoms with Crippen LogP contribution in [0.2, 0.25) is 0 Å². The Morgan fingerprint density at radius 3 is 1.93 bits per heavy atom. The smallest absolute Gasteiger partial charge is 0.198 e. The molecule has 6 heteroatoms. The SMILES string of the molecule is B1c2c(-c3c(Nc4cccc5sc6ccccc6c45)ccc4sc5ccccc5c34)cc3c(sc4ccccc43)c2-n2c3ccc4ccccc4c3c3cccc1c32. The van der Waals surface area contributed by atoms with Crippen molar-refractivity contribution in [2.45, 2.75) is 0 Å². The van der Waals surface area contributed by atoms with Crippen LogP contribution in [0.1, 0.15) is 0 Å². The quantitative estimate of drug-likeness (QED) is 0.176. The van der Waals surface area contributed by atoms with Gasteiger partial charge in [0.15, 0.2) is 7.28 Å². The minimum Gasteiger partial charge on any atom is -0.354 e. The van der Waals surface area contributed by atoms with E-state index in [-0.39, 0.29) is 0 Å². The third-order valence-corrected chi connectivity index (χ3v) is 16.0. The maximum Gasteiger partial charge on any atom is 0.198 e. The van der Waals surface area contributed by atoms with Crippen LogP contribution in [0.15, 0.2) is 164 Å². The summed E-state index contributed by atoms with van der Waals surface area (Å²) in [4.78, 5) is 0. The van der Waals surface area contributed by atoms with Crippen molar-refractivity contribution in [3.05, 3.63) is 164 Å². The standard InChI is InChI=1S/C52H29BN2S3/c1-2-12-29-28(11-1)23-25-39-45(29)33-16-9-17-36-50(33)55(39)51-49(53-36)35(27-34-30-13-3-6-19-40(30)58-52(34)51)47-38(24-26-44-48(47)32-15-5-8-21-42(32)57-44)54-37-18-10-22-43-46(37)31-14-4-7-20-41(31)56-43/h1-27,53-54H. The zero-order valence-corrected chi connectivity index (χ0v) is 33.4. The summed E-state index contributed by atoms with van der Waals surface area (Å²) in [5, 5.41) is 17.2. The Bertz CT molecular complexity index is 3940. The highest BCUT2D eigenvalue weighted by atomic mass is 32.1. The highest BCUT2D eigenvalue weighted by Crippen LogP contribution is 2.49. The summed E-state index contributed by atoms with van der Waals surface area (Å²) in [5.41, 5.74) is 11.5. The predicted octanol–water partition coefficient (Wildman–Crippen LogP) is 14.2. The number of aromatic nitrogens is 1. The molecule has 5 heterocycles. The fraction of sp³-hybridized carbons (Fsp3) is 0. The zero-order chi connectivity index (χ0) is 37.6. The average molecular weight is 789 g/mol. The molecule has 0 spiro atoms. The van der Waals surface area contributed by atoms with E-state index in [1.165, 1.54) is 121 Å². The second-order valence-corrected chi connectivity index (χ2v) is 18.8. The van der Waals surface area contributed by atoms with E-state index in [0.717, 1.165) is 18.7 Å². The fourth-order valence-corrected chi connectivity index (χ4v) is 13.7. The Hall–Kier alpha value is -6.44. The van der Waals surface area contributed by atoms with E-state index in [4.69, 9.17) is 0 Å². The maximum absolute atomic E-state index is 4.12. The lowest BCUT2D eigenvalue weighted by molar-refractivity contribution is 1.21. The molecule has 0 aliphatic carbocycles. The minimum atomic E-state index is 0.850. The monoisotopic (exact) mass is 788 g/mol. The van der Waals surface area contributed by atoms with Crippen molar-refractivity contribution in [1.82, 2.24) is 4.57 Å². The van der Waals surface area contributed by atoms with Crippen LogP contribution in [0.25, 0.3) is 110 Å². The van der Waals surface area contributed by atoms with E-state index in [1.54, 1.807) is 0 Å². The van der Waals surface area contributed by atoms with Gasteiger partial charge in [0.25, 0.3) is 0 Å². The van der Waals surface area contributed by atoms with Crippen LogP contribution in [-0.2, 0) is 0 Å². The molecule has 58 heavy (non-hydrogen) atoms.